The molecule has 0 spiro atoms. The van der Waals surface area contributed by atoms with E-state index < -0.39 is 0 Å². The highest BCUT2D eigenvalue weighted by Crippen LogP contribution is 2.35. The van der Waals surface area contributed by atoms with Crippen molar-refractivity contribution in [1.82, 2.24) is 10.3 Å². The third-order valence-electron chi connectivity index (χ3n) is 4.21. The van der Waals surface area contributed by atoms with Gasteiger partial charge < -0.3 is 5.32 Å². The van der Waals surface area contributed by atoms with Gasteiger partial charge in [0.2, 0.25) is 0 Å². The van der Waals surface area contributed by atoms with E-state index in [2.05, 4.69) is 24.1 Å². The number of halogens is 1. The molecule has 2 nitrogen and oxygen atoms in total. The zero-order valence-corrected chi connectivity index (χ0v) is 12.1. The summed E-state index contributed by atoms with van der Waals surface area (Å²) in [5.74, 6) is 1.61. The summed E-state index contributed by atoms with van der Waals surface area (Å²) in [6, 6.07) is 2.60. The highest BCUT2D eigenvalue weighted by atomic mass is 35.5. The van der Waals surface area contributed by atoms with Crippen molar-refractivity contribution >= 4 is 11.6 Å². The zero-order chi connectivity index (χ0) is 13.0. The van der Waals surface area contributed by atoms with Crippen molar-refractivity contribution in [2.45, 2.75) is 45.6 Å². The van der Waals surface area contributed by atoms with Gasteiger partial charge in [0, 0.05) is 18.4 Å². The van der Waals surface area contributed by atoms with Crippen LogP contribution in [-0.2, 0) is 6.42 Å². The summed E-state index contributed by atoms with van der Waals surface area (Å²) in [7, 11) is 0. The molecule has 18 heavy (non-hydrogen) atoms. The lowest BCUT2D eigenvalue weighted by Crippen LogP contribution is -2.39. The SMILES string of the molecule is CCNC(Cc1ccncc1Cl)C1CCCC1C. The second kappa shape index (κ2) is 6.53. The van der Waals surface area contributed by atoms with Crippen LogP contribution in [0.2, 0.25) is 5.02 Å². The van der Waals surface area contributed by atoms with Crippen LogP contribution in [0.25, 0.3) is 0 Å². The summed E-state index contributed by atoms with van der Waals surface area (Å²) >= 11 is 6.22. The Balaban J connectivity index is 2.08. The second-order valence-corrected chi connectivity index (χ2v) is 5.81. The van der Waals surface area contributed by atoms with Crippen molar-refractivity contribution in [3.8, 4) is 0 Å². The standard InChI is InChI=1S/C15H23ClN2/c1-3-18-15(13-6-4-5-11(13)2)9-12-7-8-17-10-14(12)16/h7-8,10-11,13,15,18H,3-6,9H2,1-2H3. The maximum absolute atomic E-state index is 6.22. The Morgan fingerprint density at radius 2 is 2.33 bits per heavy atom. The predicted octanol–water partition coefficient (Wildman–Crippen LogP) is 3.69. The van der Waals surface area contributed by atoms with Gasteiger partial charge in [-0.2, -0.15) is 0 Å². The third-order valence-corrected chi connectivity index (χ3v) is 4.55. The van der Waals surface area contributed by atoms with Crippen molar-refractivity contribution < 1.29 is 0 Å². The molecule has 0 radical (unpaired) electrons. The normalized spacial score (nSPS) is 25.3. The van der Waals surface area contributed by atoms with Gasteiger partial charge in [0.05, 0.1) is 5.02 Å². The quantitative estimate of drug-likeness (QED) is 0.879. The number of likely N-dealkylation sites (N-methyl/N-ethyl adjacent to an activating group) is 1. The van der Waals surface area contributed by atoms with Crippen molar-refractivity contribution in [3.05, 3.63) is 29.0 Å². The number of hydrogen-bond donors (Lipinski definition) is 1. The van der Waals surface area contributed by atoms with E-state index in [4.69, 9.17) is 11.6 Å². The zero-order valence-electron chi connectivity index (χ0n) is 11.3. The molecule has 0 aliphatic heterocycles. The van der Waals surface area contributed by atoms with Crippen LogP contribution < -0.4 is 5.32 Å². The minimum Gasteiger partial charge on any atom is -0.314 e. The first kappa shape index (κ1) is 13.8. The lowest BCUT2D eigenvalue weighted by atomic mass is 9.86. The molecule has 1 aromatic rings. The van der Waals surface area contributed by atoms with E-state index in [1.54, 1.807) is 6.20 Å². The number of rotatable bonds is 5. The molecule has 1 saturated carbocycles. The van der Waals surface area contributed by atoms with E-state index in [9.17, 15) is 0 Å². The number of hydrogen-bond acceptors (Lipinski definition) is 2. The van der Waals surface area contributed by atoms with Crippen LogP contribution in [0.5, 0.6) is 0 Å². The molecular weight excluding hydrogens is 244 g/mol. The fourth-order valence-corrected chi connectivity index (χ4v) is 3.41. The van der Waals surface area contributed by atoms with Crippen LogP contribution in [0.4, 0.5) is 0 Å². The Kier molecular flexibility index (Phi) is 5.02. The monoisotopic (exact) mass is 266 g/mol. The fourth-order valence-electron chi connectivity index (χ4n) is 3.22. The van der Waals surface area contributed by atoms with Crippen LogP contribution in [0.3, 0.4) is 0 Å². The molecule has 1 aromatic heterocycles. The minimum absolute atomic E-state index is 0.549. The van der Waals surface area contributed by atoms with Gasteiger partial charge in [-0.3, -0.25) is 4.98 Å². The van der Waals surface area contributed by atoms with Crippen molar-refractivity contribution in [2.24, 2.45) is 11.8 Å². The van der Waals surface area contributed by atoms with E-state index in [0.717, 1.165) is 29.8 Å². The Labute approximate surface area is 115 Å². The lowest BCUT2D eigenvalue weighted by Gasteiger charge is -2.28. The maximum atomic E-state index is 6.22. The van der Waals surface area contributed by atoms with Crippen molar-refractivity contribution in [3.63, 3.8) is 0 Å². The molecular formula is C15H23ClN2. The van der Waals surface area contributed by atoms with Crippen LogP contribution in [0.15, 0.2) is 18.5 Å². The summed E-state index contributed by atoms with van der Waals surface area (Å²) in [6.45, 7) is 5.59. The largest absolute Gasteiger partial charge is 0.314 e. The third kappa shape index (κ3) is 3.24. The molecule has 1 aliphatic rings. The molecule has 3 atom stereocenters. The summed E-state index contributed by atoms with van der Waals surface area (Å²) in [5, 5.41) is 4.45. The predicted molar refractivity (Wildman–Crippen MR) is 76.9 cm³/mol. The summed E-state index contributed by atoms with van der Waals surface area (Å²) in [4.78, 5) is 4.06. The smallest absolute Gasteiger partial charge is 0.0621 e. The molecule has 1 heterocycles. The molecule has 1 fully saturated rings. The fraction of sp³-hybridized carbons (Fsp3) is 0.667. The van der Waals surface area contributed by atoms with E-state index in [1.807, 2.05) is 12.3 Å². The van der Waals surface area contributed by atoms with Gasteiger partial charge in [0.1, 0.15) is 0 Å². The average molecular weight is 267 g/mol. The molecule has 0 aromatic carbocycles. The van der Waals surface area contributed by atoms with E-state index in [0.29, 0.717) is 6.04 Å². The number of nitrogens with one attached hydrogen (secondary N) is 1. The second-order valence-electron chi connectivity index (χ2n) is 5.41. The topological polar surface area (TPSA) is 24.9 Å². The number of aromatic nitrogens is 1. The summed E-state index contributed by atoms with van der Waals surface area (Å²) in [5.41, 5.74) is 1.22. The molecule has 0 bridgehead atoms. The van der Waals surface area contributed by atoms with Gasteiger partial charge in [0.25, 0.3) is 0 Å². The van der Waals surface area contributed by atoms with E-state index in [-0.39, 0.29) is 0 Å². The molecule has 0 amide bonds. The molecule has 0 saturated heterocycles. The molecule has 100 valence electrons. The van der Waals surface area contributed by atoms with Gasteiger partial charge in [-0.25, -0.2) is 0 Å². The first-order chi connectivity index (χ1) is 8.72. The lowest BCUT2D eigenvalue weighted by molar-refractivity contribution is 0.298. The first-order valence-electron chi connectivity index (χ1n) is 7.04. The molecule has 2 rings (SSSR count). The number of nitrogens with zero attached hydrogens (tertiary/aromatic N) is 1. The van der Waals surface area contributed by atoms with Crippen LogP contribution in [-0.4, -0.2) is 17.6 Å². The Morgan fingerprint density at radius 1 is 1.50 bits per heavy atom. The van der Waals surface area contributed by atoms with Gasteiger partial charge in [-0.1, -0.05) is 38.3 Å². The van der Waals surface area contributed by atoms with E-state index in [1.165, 1.54) is 24.8 Å². The Hall–Kier alpha value is -0.600. The van der Waals surface area contributed by atoms with Gasteiger partial charge in [-0.05, 0) is 42.9 Å². The molecule has 1 aliphatic carbocycles. The van der Waals surface area contributed by atoms with Crippen LogP contribution in [0, 0.1) is 11.8 Å². The molecule has 1 N–H and O–H groups in total. The van der Waals surface area contributed by atoms with Crippen LogP contribution >= 0.6 is 11.6 Å². The van der Waals surface area contributed by atoms with Gasteiger partial charge in [-0.15, -0.1) is 0 Å². The summed E-state index contributed by atoms with van der Waals surface area (Å²) in [6.07, 6.45) is 8.69. The summed E-state index contributed by atoms with van der Waals surface area (Å²) < 4.78 is 0. The van der Waals surface area contributed by atoms with Crippen molar-refractivity contribution in [1.29, 1.82) is 0 Å². The average Bonchev–Trinajstić information content (AvgIpc) is 2.78. The molecule has 3 heteroatoms. The maximum Gasteiger partial charge on any atom is 0.0621 e. The highest BCUT2D eigenvalue weighted by molar-refractivity contribution is 6.31. The van der Waals surface area contributed by atoms with Gasteiger partial charge in [0.15, 0.2) is 0 Å². The highest BCUT2D eigenvalue weighted by Gasteiger charge is 2.30. The van der Waals surface area contributed by atoms with E-state index >= 15 is 0 Å². The number of pyridine rings is 1. The van der Waals surface area contributed by atoms with Crippen LogP contribution in [0.1, 0.15) is 38.7 Å². The molecule has 3 unspecified atom stereocenters. The minimum atomic E-state index is 0.549. The first-order valence-corrected chi connectivity index (χ1v) is 7.42. The van der Waals surface area contributed by atoms with Crippen molar-refractivity contribution in [2.75, 3.05) is 6.54 Å². The van der Waals surface area contributed by atoms with Gasteiger partial charge >= 0.3 is 0 Å². The Morgan fingerprint density at radius 3 is 2.94 bits per heavy atom. The Bertz CT molecular complexity index is 381.